The fraction of sp³-hybridized carbons (Fsp3) is 0.357. The van der Waals surface area contributed by atoms with E-state index in [1.165, 1.54) is 0 Å². The van der Waals surface area contributed by atoms with E-state index in [1.54, 1.807) is 4.90 Å². The van der Waals surface area contributed by atoms with Crippen molar-refractivity contribution in [2.75, 3.05) is 13.1 Å². The molecule has 1 aromatic carbocycles. The Morgan fingerprint density at radius 3 is 2.82 bits per heavy atom. The number of benzene rings is 1. The number of halogens is 1. The Bertz CT molecular complexity index is 448. The maximum Gasteiger partial charge on any atom is 0.254 e. The minimum Gasteiger partial charge on any atom is -0.328 e. The van der Waals surface area contributed by atoms with Crippen LogP contribution >= 0.6 is 15.9 Å². The van der Waals surface area contributed by atoms with E-state index in [0.717, 1.165) is 16.5 Å². The number of carbonyl (C=O) groups excluding carboxylic acids is 1. The topological polar surface area (TPSA) is 20.3 Å². The Kier molecular flexibility index (Phi) is 5.24. The Morgan fingerprint density at radius 1 is 1.53 bits per heavy atom. The summed E-state index contributed by atoms with van der Waals surface area (Å²) in [6.07, 6.45) is 6.19. The van der Waals surface area contributed by atoms with E-state index in [0.29, 0.717) is 18.7 Å². The van der Waals surface area contributed by atoms with Crippen molar-refractivity contribution in [2.45, 2.75) is 20.3 Å². The molecule has 0 bridgehead atoms. The first-order valence-corrected chi connectivity index (χ1v) is 6.38. The van der Waals surface area contributed by atoms with Crippen LogP contribution < -0.4 is 0 Å². The summed E-state index contributed by atoms with van der Waals surface area (Å²) < 4.78 is 0.906. The normalized spacial score (nSPS) is 9.76. The summed E-state index contributed by atoms with van der Waals surface area (Å²) in [5, 5.41) is 0. The fourth-order valence-electron chi connectivity index (χ4n) is 1.63. The van der Waals surface area contributed by atoms with Crippen molar-refractivity contribution in [3.8, 4) is 12.3 Å². The summed E-state index contributed by atoms with van der Waals surface area (Å²) in [6.45, 7) is 5.01. The molecule has 0 atom stereocenters. The molecule has 0 aromatic heterocycles. The third kappa shape index (κ3) is 3.61. The van der Waals surface area contributed by atoms with E-state index in [4.69, 9.17) is 6.42 Å². The van der Waals surface area contributed by atoms with Crippen LogP contribution in [0.3, 0.4) is 0 Å². The molecule has 0 N–H and O–H groups in total. The van der Waals surface area contributed by atoms with E-state index >= 15 is 0 Å². The third-order valence-electron chi connectivity index (χ3n) is 2.49. The summed E-state index contributed by atoms with van der Waals surface area (Å²) in [7, 11) is 0. The molecule has 0 unspecified atom stereocenters. The average molecular weight is 294 g/mol. The first-order valence-electron chi connectivity index (χ1n) is 5.59. The van der Waals surface area contributed by atoms with Gasteiger partial charge in [-0.1, -0.05) is 34.8 Å². The van der Waals surface area contributed by atoms with Crippen molar-refractivity contribution >= 4 is 21.8 Å². The number of terminal acetylenes is 1. The van der Waals surface area contributed by atoms with Gasteiger partial charge in [0.05, 0.1) is 6.54 Å². The smallest absolute Gasteiger partial charge is 0.254 e. The van der Waals surface area contributed by atoms with Gasteiger partial charge in [0.1, 0.15) is 0 Å². The van der Waals surface area contributed by atoms with Crippen molar-refractivity contribution in [2.24, 2.45) is 0 Å². The summed E-state index contributed by atoms with van der Waals surface area (Å²) in [6, 6.07) is 5.70. The van der Waals surface area contributed by atoms with Gasteiger partial charge in [-0.25, -0.2) is 0 Å². The predicted octanol–water partition coefficient (Wildman–Crippen LogP) is 3.24. The molecule has 2 nitrogen and oxygen atoms in total. The fourth-order valence-corrected chi connectivity index (χ4v) is 1.99. The van der Waals surface area contributed by atoms with Gasteiger partial charge in [0.25, 0.3) is 5.91 Å². The molecule has 17 heavy (non-hydrogen) atoms. The first kappa shape index (κ1) is 13.8. The Morgan fingerprint density at radius 2 is 2.24 bits per heavy atom. The molecule has 0 spiro atoms. The van der Waals surface area contributed by atoms with Crippen molar-refractivity contribution in [1.29, 1.82) is 0 Å². The van der Waals surface area contributed by atoms with Gasteiger partial charge < -0.3 is 4.90 Å². The quantitative estimate of drug-likeness (QED) is 0.781. The lowest BCUT2D eigenvalue weighted by molar-refractivity contribution is 0.0776. The van der Waals surface area contributed by atoms with Gasteiger partial charge >= 0.3 is 0 Å². The molecule has 0 aliphatic carbocycles. The molecule has 0 saturated carbocycles. The zero-order chi connectivity index (χ0) is 12.8. The molecule has 0 saturated heterocycles. The second-order valence-electron chi connectivity index (χ2n) is 3.89. The zero-order valence-corrected chi connectivity index (χ0v) is 11.8. The number of aryl methyl sites for hydroxylation is 1. The molecular weight excluding hydrogens is 278 g/mol. The second kappa shape index (κ2) is 6.46. The number of rotatable bonds is 4. The lowest BCUT2D eigenvalue weighted by Gasteiger charge is -2.20. The molecule has 0 radical (unpaired) electrons. The first-order chi connectivity index (χ1) is 8.10. The Hall–Kier alpha value is -1.27. The van der Waals surface area contributed by atoms with Crippen molar-refractivity contribution < 1.29 is 4.79 Å². The van der Waals surface area contributed by atoms with Crippen molar-refractivity contribution in [1.82, 2.24) is 4.90 Å². The SMILES string of the molecule is C#CCN(CCC)C(=O)c1cc(Br)ccc1C. The predicted molar refractivity (Wildman–Crippen MR) is 73.9 cm³/mol. The molecule has 1 aromatic rings. The van der Waals surface area contributed by atoms with Crippen LogP contribution in [0.1, 0.15) is 29.3 Å². The average Bonchev–Trinajstić information content (AvgIpc) is 2.31. The molecule has 0 aliphatic heterocycles. The third-order valence-corrected chi connectivity index (χ3v) is 2.99. The van der Waals surface area contributed by atoms with Crippen LogP contribution in [0.25, 0.3) is 0 Å². The molecule has 1 rings (SSSR count). The van der Waals surface area contributed by atoms with Crippen LogP contribution in [0.2, 0.25) is 0 Å². The highest BCUT2D eigenvalue weighted by atomic mass is 79.9. The standard InChI is InChI=1S/C14H16BrNO/c1-4-8-16(9-5-2)14(17)13-10-12(15)7-6-11(13)3/h1,6-7,10H,5,8-9H2,2-3H3. The minimum absolute atomic E-state index is 0.00333. The van der Waals surface area contributed by atoms with Crippen LogP contribution in [0.15, 0.2) is 22.7 Å². The molecule has 1 amide bonds. The largest absolute Gasteiger partial charge is 0.328 e. The number of hydrogen-bond acceptors (Lipinski definition) is 1. The Balaban J connectivity index is 3.00. The van der Waals surface area contributed by atoms with Gasteiger partial charge in [-0.2, -0.15) is 0 Å². The van der Waals surface area contributed by atoms with Crippen LogP contribution in [-0.4, -0.2) is 23.9 Å². The van der Waals surface area contributed by atoms with E-state index in [-0.39, 0.29) is 5.91 Å². The van der Waals surface area contributed by atoms with Crippen molar-refractivity contribution in [3.63, 3.8) is 0 Å². The van der Waals surface area contributed by atoms with Crippen LogP contribution in [-0.2, 0) is 0 Å². The maximum atomic E-state index is 12.3. The molecule has 3 heteroatoms. The highest BCUT2D eigenvalue weighted by Gasteiger charge is 2.16. The Labute approximate surface area is 111 Å². The molecule has 0 fully saturated rings. The van der Waals surface area contributed by atoms with Crippen LogP contribution in [0.4, 0.5) is 0 Å². The number of carbonyl (C=O) groups is 1. The zero-order valence-electron chi connectivity index (χ0n) is 10.2. The number of nitrogens with zero attached hydrogens (tertiary/aromatic N) is 1. The highest BCUT2D eigenvalue weighted by molar-refractivity contribution is 9.10. The van der Waals surface area contributed by atoms with Gasteiger partial charge in [-0.05, 0) is 31.0 Å². The van der Waals surface area contributed by atoms with E-state index < -0.39 is 0 Å². The molecule has 0 aliphatic rings. The van der Waals surface area contributed by atoms with E-state index in [1.807, 2.05) is 32.0 Å². The van der Waals surface area contributed by atoms with Gasteiger partial charge in [0, 0.05) is 16.6 Å². The second-order valence-corrected chi connectivity index (χ2v) is 4.81. The van der Waals surface area contributed by atoms with E-state index in [9.17, 15) is 4.79 Å². The maximum absolute atomic E-state index is 12.3. The summed E-state index contributed by atoms with van der Waals surface area (Å²) >= 11 is 3.38. The van der Waals surface area contributed by atoms with Gasteiger partial charge in [0.2, 0.25) is 0 Å². The summed E-state index contributed by atoms with van der Waals surface area (Å²) in [5.74, 6) is 2.53. The lowest BCUT2D eigenvalue weighted by Crippen LogP contribution is -2.32. The molecule has 0 heterocycles. The van der Waals surface area contributed by atoms with Gasteiger partial charge in [0.15, 0.2) is 0 Å². The number of hydrogen-bond donors (Lipinski definition) is 0. The van der Waals surface area contributed by atoms with Crippen LogP contribution in [0.5, 0.6) is 0 Å². The molecule has 90 valence electrons. The van der Waals surface area contributed by atoms with Crippen molar-refractivity contribution in [3.05, 3.63) is 33.8 Å². The number of amides is 1. The van der Waals surface area contributed by atoms with Gasteiger partial charge in [-0.3, -0.25) is 4.79 Å². The van der Waals surface area contributed by atoms with Crippen LogP contribution in [0, 0.1) is 19.3 Å². The summed E-state index contributed by atoms with van der Waals surface area (Å²) in [5.41, 5.74) is 1.68. The van der Waals surface area contributed by atoms with Gasteiger partial charge in [-0.15, -0.1) is 6.42 Å². The monoisotopic (exact) mass is 293 g/mol. The summed E-state index contributed by atoms with van der Waals surface area (Å²) in [4.78, 5) is 14.0. The highest BCUT2D eigenvalue weighted by Crippen LogP contribution is 2.17. The minimum atomic E-state index is 0.00333. The van der Waals surface area contributed by atoms with E-state index in [2.05, 4.69) is 21.9 Å². The lowest BCUT2D eigenvalue weighted by atomic mass is 10.1. The molecular formula is C14H16BrNO.